The highest BCUT2D eigenvalue weighted by molar-refractivity contribution is 5.72. The average molecular weight is 953 g/mol. The number of hydrogen-bond acceptors (Lipinski definition) is 6. The zero-order valence-electron chi connectivity index (χ0n) is 44.3. The fourth-order valence-electron chi connectivity index (χ4n) is 7.11. The van der Waals surface area contributed by atoms with E-state index in [2.05, 4.69) is 142 Å². The summed E-state index contributed by atoms with van der Waals surface area (Å²) < 4.78 is 16.7. The molecule has 0 fully saturated rings. The molecule has 6 nitrogen and oxygen atoms in total. The third-order valence-corrected chi connectivity index (χ3v) is 11.2. The van der Waals surface area contributed by atoms with Gasteiger partial charge in [0.1, 0.15) is 13.2 Å². The Morgan fingerprint density at radius 1 is 0.319 bits per heavy atom. The first kappa shape index (κ1) is 64.5. The second kappa shape index (κ2) is 56.1. The van der Waals surface area contributed by atoms with Crippen LogP contribution in [0, 0.1) is 0 Å². The average Bonchev–Trinajstić information content (AvgIpc) is 3.35. The fraction of sp³-hybridized carbons (Fsp3) is 0.603. The van der Waals surface area contributed by atoms with Crippen LogP contribution in [0.5, 0.6) is 0 Å². The van der Waals surface area contributed by atoms with Crippen molar-refractivity contribution in [3.63, 3.8) is 0 Å². The summed E-state index contributed by atoms with van der Waals surface area (Å²) in [4.78, 5) is 38.0. The number of esters is 3. The van der Waals surface area contributed by atoms with Crippen LogP contribution in [0.1, 0.15) is 226 Å². The lowest BCUT2D eigenvalue weighted by Crippen LogP contribution is -2.30. The number of carbonyl (C=O) groups is 3. The number of ether oxygens (including phenoxy) is 3. The molecule has 0 radical (unpaired) electrons. The van der Waals surface area contributed by atoms with E-state index in [9.17, 15) is 14.4 Å². The standard InChI is InChI=1S/C63H100O6/c1-4-7-10-13-16-19-22-25-27-28-29-30-31-32-33-34-36-38-41-44-47-50-53-56-62(65)68-59-60(58-67-61(64)55-52-49-46-43-40-37-24-21-18-15-12-9-6-3)69-63(66)57-54-51-48-45-42-39-35-26-23-20-17-14-11-8-5-2/h7-8,10-11,16-17,19-20,25-27,29-30,32-33,35-36,38,42,45,51,54,60H,4-6,9,12-15,18,21-24,28,31,34,37,39-41,43-44,46-50,52-53,55-59H2,1-3H3/b10-7-,11-8-,19-16-,20-17-,27-25-,30-29-,33-32-,35-26-,38-36-,45-42-,54-51-. The van der Waals surface area contributed by atoms with E-state index in [0.29, 0.717) is 19.3 Å². The first-order chi connectivity index (χ1) is 34.0. The van der Waals surface area contributed by atoms with E-state index < -0.39 is 12.1 Å². The number of hydrogen-bond donors (Lipinski definition) is 0. The van der Waals surface area contributed by atoms with Gasteiger partial charge in [0.25, 0.3) is 0 Å². The smallest absolute Gasteiger partial charge is 0.310 e. The van der Waals surface area contributed by atoms with Crippen molar-refractivity contribution in [3.05, 3.63) is 134 Å². The Balaban J connectivity index is 4.52. The molecule has 0 saturated carbocycles. The summed E-state index contributed by atoms with van der Waals surface area (Å²) in [6.07, 6.45) is 78.9. The summed E-state index contributed by atoms with van der Waals surface area (Å²) in [6.45, 7) is 6.29. The van der Waals surface area contributed by atoms with Crippen molar-refractivity contribution in [1.82, 2.24) is 0 Å². The van der Waals surface area contributed by atoms with Crippen LogP contribution in [0.3, 0.4) is 0 Å². The number of carbonyl (C=O) groups excluding carboxylic acids is 3. The van der Waals surface area contributed by atoms with Crippen LogP contribution in [-0.2, 0) is 28.6 Å². The lowest BCUT2D eigenvalue weighted by atomic mass is 10.0. The van der Waals surface area contributed by atoms with Gasteiger partial charge in [0.05, 0.1) is 6.42 Å². The van der Waals surface area contributed by atoms with Gasteiger partial charge >= 0.3 is 17.9 Å². The Morgan fingerprint density at radius 3 is 0.957 bits per heavy atom. The second-order valence-corrected chi connectivity index (χ2v) is 17.8. The summed E-state index contributed by atoms with van der Waals surface area (Å²) in [6, 6.07) is 0. The molecule has 6 heteroatoms. The molecule has 0 heterocycles. The summed E-state index contributed by atoms with van der Waals surface area (Å²) in [5, 5.41) is 0. The van der Waals surface area contributed by atoms with Crippen molar-refractivity contribution < 1.29 is 28.6 Å². The van der Waals surface area contributed by atoms with E-state index in [4.69, 9.17) is 14.2 Å². The van der Waals surface area contributed by atoms with E-state index in [-0.39, 0.29) is 31.6 Å². The van der Waals surface area contributed by atoms with Gasteiger partial charge in [0, 0.05) is 12.8 Å². The molecule has 0 aliphatic heterocycles. The highest BCUT2D eigenvalue weighted by atomic mass is 16.6. The van der Waals surface area contributed by atoms with Crippen LogP contribution in [0.4, 0.5) is 0 Å². The molecule has 0 aliphatic carbocycles. The third-order valence-electron chi connectivity index (χ3n) is 11.2. The van der Waals surface area contributed by atoms with Crippen LogP contribution >= 0.6 is 0 Å². The molecule has 0 aromatic heterocycles. The van der Waals surface area contributed by atoms with E-state index in [1.165, 1.54) is 64.2 Å². The number of unbranched alkanes of at least 4 members (excludes halogenated alkanes) is 16. The Morgan fingerprint density at radius 2 is 0.609 bits per heavy atom. The second-order valence-electron chi connectivity index (χ2n) is 17.8. The van der Waals surface area contributed by atoms with Crippen molar-refractivity contribution in [1.29, 1.82) is 0 Å². The first-order valence-electron chi connectivity index (χ1n) is 27.7. The Labute approximate surface area is 424 Å². The molecule has 0 saturated heterocycles. The minimum Gasteiger partial charge on any atom is -0.462 e. The van der Waals surface area contributed by atoms with Crippen LogP contribution in [0.2, 0.25) is 0 Å². The molecule has 388 valence electrons. The van der Waals surface area contributed by atoms with Gasteiger partial charge in [-0.15, -0.1) is 0 Å². The van der Waals surface area contributed by atoms with Crippen molar-refractivity contribution in [3.8, 4) is 0 Å². The van der Waals surface area contributed by atoms with Gasteiger partial charge in [-0.3, -0.25) is 14.4 Å². The van der Waals surface area contributed by atoms with Crippen LogP contribution in [0.25, 0.3) is 0 Å². The van der Waals surface area contributed by atoms with Gasteiger partial charge < -0.3 is 14.2 Å². The molecule has 69 heavy (non-hydrogen) atoms. The van der Waals surface area contributed by atoms with Crippen molar-refractivity contribution in [2.75, 3.05) is 13.2 Å². The highest BCUT2D eigenvalue weighted by Gasteiger charge is 2.19. The molecule has 0 aliphatic rings. The van der Waals surface area contributed by atoms with Crippen LogP contribution in [-0.4, -0.2) is 37.2 Å². The van der Waals surface area contributed by atoms with Crippen molar-refractivity contribution in [2.45, 2.75) is 232 Å². The summed E-state index contributed by atoms with van der Waals surface area (Å²) in [5.74, 6) is -1.09. The molecular formula is C63H100O6. The quantitative estimate of drug-likeness (QED) is 0.0262. The van der Waals surface area contributed by atoms with E-state index >= 15 is 0 Å². The number of rotatable bonds is 48. The summed E-state index contributed by atoms with van der Waals surface area (Å²) in [5.41, 5.74) is 0. The van der Waals surface area contributed by atoms with Crippen LogP contribution < -0.4 is 0 Å². The predicted molar refractivity (Wildman–Crippen MR) is 297 cm³/mol. The Kier molecular flexibility index (Phi) is 52.5. The molecule has 0 bridgehead atoms. The summed E-state index contributed by atoms with van der Waals surface area (Å²) in [7, 11) is 0. The maximum absolute atomic E-state index is 12.8. The predicted octanol–water partition coefficient (Wildman–Crippen LogP) is 18.6. The lowest BCUT2D eigenvalue weighted by Gasteiger charge is -2.18. The molecule has 0 aromatic rings. The van der Waals surface area contributed by atoms with Crippen molar-refractivity contribution in [2.24, 2.45) is 0 Å². The van der Waals surface area contributed by atoms with Gasteiger partial charge in [0.15, 0.2) is 6.10 Å². The highest BCUT2D eigenvalue weighted by Crippen LogP contribution is 2.14. The molecule has 0 aromatic carbocycles. The largest absolute Gasteiger partial charge is 0.462 e. The van der Waals surface area contributed by atoms with E-state index in [1.54, 1.807) is 6.08 Å². The maximum Gasteiger partial charge on any atom is 0.310 e. The fourth-order valence-corrected chi connectivity index (χ4v) is 7.11. The minimum atomic E-state index is -0.846. The first-order valence-corrected chi connectivity index (χ1v) is 27.7. The molecule has 0 N–H and O–H groups in total. The zero-order chi connectivity index (χ0) is 50.0. The van der Waals surface area contributed by atoms with Gasteiger partial charge in [-0.2, -0.15) is 0 Å². The molecule has 1 atom stereocenters. The Bertz CT molecular complexity index is 1510. The normalized spacial score (nSPS) is 13.1. The topological polar surface area (TPSA) is 78.9 Å². The van der Waals surface area contributed by atoms with Gasteiger partial charge in [-0.25, -0.2) is 0 Å². The Hall–Kier alpha value is -4.45. The number of allylic oxidation sites excluding steroid dienone is 21. The molecule has 0 rings (SSSR count). The zero-order valence-corrected chi connectivity index (χ0v) is 44.3. The van der Waals surface area contributed by atoms with Crippen LogP contribution in [0.15, 0.2) is 134 Å². The van der Waals surface area contributed by atoms with E-state index in [1.807, 2.05) is 6.08 Å². The monoisotopic (exact) mass is 953 g/mol. The van der Waals surface area contributed by atoms with Crippen molar-refractivity contribution >= 4 is 17.9 Å². The molecule has 0 amide bonds. The molecule has 0 spiro atoms. The lowest BCUT2D eigenvalue weighted by molar-refractivity contribution is -0.166. The molecular weight excluding hydrogens is 853 g/mol. The minimum absolute atomic E-state index is 0.0867. The van der Waals surface area contributed by atoms with Gasteiger partial charge in [0.2, 0.25) is 0 Å². The van der Waals surface area contributed by atoms with E-state index in [0.717, 1.165) is 116 Å². The maximum atomic E-state index is 12.8. The van der Waals surface area contributed by atoms with Gasteiger partial charge in [-0.1, -0.05) is 244 Å². The summed E-state index contributed by atoms with van der Waals surface area (Å²) >= 11 is 0. The third kappa shape index (κ3) is 54.4. The van der Waals surface area contributed by atoms with Gasteiger partial charge in [-0.05, 0) is 96.3 Å². The SMILES string of the molecule is CC/C=C\C/C=C\C/C=C\C/C=C\C/C=C\C/C=C\CCCCCCC(=O)OCC(COC(=O)CCCCCCCCCCCCCCC)OC(=O)C/C=C\C/C=C\C/C=C\C/C=C\C/C=C\CC. The molecule has 1 unspecified atom stereocenters.